The smallest absolute Gasteiger partial charge is 0.164 e. The number of non-ortho nitro benzene ring substituents is 1. The van der Waals surface area contributed by atoms with Gasteiger partial charge in [0.1, 0.15) is 0 Å². The molecule has 0 spiro atoms. The summed E-state index contributed by atoms with van der Waals surface area (Å²) in [5.74, 6) is 0. The molecule has 0 amide bonds. The second-order valence-corrected chi connectivity index (χ2v) is 2.60. The van der Waals surface area contributed by atoms with Crippen molar-refractivity contribution in [1.82, 2.24) is 0 Å². The Morgan fingerprint density at radius 2 is 2.00 bits per heavy atom. The quantitative estimate of drug-likeness (QED) is 0.365. The van der Waals surface area contributed by atoms with Crippen LogP contribution in [0, 0.1) is 10.1 Å². The molecule has 0 aromatic carbocycles. The zero-order valence-corrected chi connectivity index (χ0v) is 6.23. The Morgan fingerprint density at radius 3 is 2.75 bits per heavy atom. The predicted molar refractivity (Wildman–Crippen MR) is 45.3 cm³/mol. The largest absolute Gasteiger partial charge is 0.270 e. The third kappa shape index (κ3) is 0.955. The minimum absolute atomic E-state index is 0.147. The SMILES string of the molecule is O=[N+]([O-])[c-]1ccc2cccc-2c1. The number of hydrogen-bond acceptors (Lipinski definition) is 2. The number of fused-ring (bicyclic) bond motifs is 1. The van der Waals surface area contributed by atoms with Gasteiger partial charge in [0.25, 0.3) is 0 Å². The normalized spacial score (nSPS) is 10.3. The molecule has 0 radical (unpaired) electrons. The van der Waals surface area contributed by atoms with Gasteiger partial charge in [-0.25, -0.2) is 0 Å². The van der Waals surface area contributed by atoms with Crippen LogP contribution >= 0.6 is 0 Å². The lowest BCUT2D eigenvalue weighted by atomic mass is 10.1. The summed E-state index contributed by atoms with van der Waals surface area (Å²) in [6, 6.07) is 10.5. The zero-order valence-electron chi connectivity index (χ0n) is 6.23. The molecule has 0 N–H and O–H groups in total. The van der Waals surface area contributed by atoms with Gasteiger partial charge < -0.3 is 0 Å². The third-order valence-electron chi connectivity index (χ3n) is 1.83. The van der Waals surface area contributed by atoms with Gasteiger partial charge in [-0.2, -0.15) is 6.07 Å². The van der Waals surface area contributed by atoms with Crippen LogP contribution < -0.4 is 0 Å². The topological polar surface area (TPSA) is 43.1 Å². The van der Waals surface area contributed by atoms with Crippen molar-refractivity contribution in [3.05, 3.63) is 46.5 Å². The Morgan fingerprint density at radius 1 is 1.25 bits per heavy atom. The van der Waals surface area contributed by atoms with E-state index in [2.05, 4.69) is 0 Å². The van der Waals surface area contributed by atoms with Crippen LogP contribution in [-0.2, 0) is 0 Å². The first-order valence-electron chi connectivity index (χ1n) is 3.57. The molecule has 60 valence electrons. The molecule has 0 bridgehead atoms. The van der Waals surface area contributed by atoms with Crippen molar-refractivity contribution in [3.8, 4) is 11.1 Å². The fraction of sp³-hybridized carbons (Fsp3) is 0. The van der Waals surface area contributed by atoms with Crippen LogP contribution in [-0.4, -0.2) is 4.92 Å². The number of nitrogens with zero attached hydrogens (tertiary/aromatic N) is 1. The number of nitro groups is 1. The van der Waals surface area contributed by atoms with Crippen LogP contribution in [0.5, 0.6) is 0 Å². The summed E-state index contributed by atoms with van der Waals surface area (Å²) < 4.78 is 0. The molecule has 0 heterocycles. The van der Waals surface area contributed by atoms with Crippen molar-refractivity contribution in [1.29, 1.82) is 0 Å². The maximum Gasteiger partial charge on any atom is 0.164 e. The highest BCUT2D eigenvalue weighted by Gasteiger charge is 1.99. The van der Waals surface area contributed by atoms with Crippen molar-refractivity contribution in [2.45, 2.75) is 0 Å². The van der Waals surface area contributed by atoms with Gasteiger partial charge in [0.15, 0.2) is 5.69 Å². The molecule has 2 aliphatic rings. The van der Waals surface area contributed by atoms with E-state index in [1.54, 1.807) is 12.1 Å². The minimum Gasteiger partial charge on any atom is -0.270 e. The summed E-state index contributed by atoms with van der Waals surface area (Å²) in [4.78, 5) is 9.99. The molecule has 2 rings (SSSR count). The van der Waals surface area contributed by atoms with E-state index in [0.29, 0.717) is 0 Å². The Labute approximate surface area is 69.1 Å². The molecule has 2 aliphatic carbocycles. The highest BCUT2D eigenvalue weighted by Crippen LogP contribution is 2.26. The van der Waals surface area contributed by atoms with E-state index in [1.165, 1.54) is 6.07 Å². The van der Waals surface area contributed by atoms with Crippen LogP contribution in [0.2, 0.25) is 0 Å². The molecule has 0 fully saturated rings. The van der Waals surface area contributed by atoms with Crippen LogP contribution in [0.15, 0.2) is 36.4 Å². The molecular formula is C9H6NO2-. The maximum atomic E-state index is 10.4. The van der Waals surface area contributed by atoms with Gasteiger partial charge in [-0.1, -0.05) is 24.3 Å². The number of benzene rings is 1. The monoisotopic (exact) mass is 160 g/mol. The van der Waals surface area contributed by atoms with Gasteiger partial charge in [-0.3, -0.25) is 10.1 Å². The Kier molecular flexibility index (Phi) is 1.37. The molecular weight excluding hydrogens is 154 g/mol. The third-order valence-corrected chi connectivity index (χ3v) is 1.83. The van der Waals surface area contributed by atoms with Crippen LogP contribution in [0.4, 0.5) is 5.69 Å². The molecule has 12 heavy (non-hydrogen) atoms. The van der Waals surface area contributed by atoms with Crippen LogP contribution in [0.3, 0.4) is 0 Å². The van der Waals surface area contributed by atoms with Gasteiger partial charge in [0.05, 0.1) is 0 Å². The molecule has 3 nitrogen and oxygen atoms in total. The summed E-state index contributed by atoms with van der Waals surface area (Å²) in [6.07, 6.45) is 0. The lowest BCUT2D eigenvalue weighted by molar-refractivity contribution is -0.384. The molecule has 0 aromatic heterocycles. The van der Waals surface area contributed by atoms with Gasteiger partial charge in [-0.05, 0) is 0 Å². The Bertz CT molecular complexity index is 392. The average Bonchev–Trinajstić information content (AvgIpc) is 2.49. The molecule has 0 atom stereocenters. The predicted octanol–water partition coefficient (Wildman–Crippen LogP) is 2.42. The fourth-order valence-corrected chi connectivity index (χ4v) is 1.23. The van der Waals surface area contributed by atoms with Gasteiger partial charge >= 0.3 is 0 Å². The summed E-state index contributed by atoms with van der Waals surface area (Å²) >= 11 is 0. The number of rotatable bonds is 1. The standard InChI is InChI=1S/C9H6NO2/c11-10(12)9-5-4-7-2-1-3-8(7)6-9/h1-6H/q-1. The lowest BCUT2D eigenvalue weighted by Crippen LogP contribution is -1.87. The Balaban J connectivity index is 2.62. The Hall–Kier alpha value is -1.77. The summed E-state index contributed by atoms with van der Waals surface area (Å²) in [7, 11) is 0. The van der Waals surface area contributed by atoms with Crippen molar-refractivity contribution >= 4 is 5.69 Å². The first kappa shape index (κ1) is 6.91. The van der Waals surface area contributed by atoms with E-state index in [0.717, 1.165) is 11.1 Å². The minimum atomic E-state index is -0.382. The summed E-state index contributed by atoms with van der Waals surface area (Å²) in [5.41, 5.74) is 2.11. The highest BCUT2D eigenvalue weighted by atomic mass is 16.6. The van der Waals surface area contributed by atoms with Crippen molar-refractivity contribution in [3.63, 3.8) is 0 Å². The fourth-order valence-electron chi connectivity index (χ4n) is 1.23. The summed E-state index contributed by atoms with van der Waals surface area (Å²) in [6.45, 7) is 0. The molecule has 0 aliphatic heterocycles. The second kappa shape index (κ2) is 2.37. The summed E-state index contributed by atoms with van der Waals surface area (Å²) in [5, 5.41) is 10.4. The molecule has 0 saturated carbocycles. The van der Waals surface area contributed by atoms with Crippen molar-refractivity contribution in [2.24, 2.45) is 0 Å². The van der Waals surface area contributed by atoms with Crippen molar-refractivity contribution in [2.75, 3.05) is 0 Å². The van der Waals surface area contributed by atoms with Gasteiger partial charge in [0, 0.05) is 4.92 Å². The number of nitro benzene ring substituents is 1. The average molecular weight is 160 g/mol. The van der Waals surface area contributed by atoms with E-state index in [1.807, 2.05) is 18.2 Å². The van der Waals surface area contributed by atoms with E-state index in [4.69, 9.17) is 0 Å². The first-order valence-corrected chi connectivity index (χ1v) is 3.57. The van der Waals surface area contributed by atoms with Crippen molar-refractivity contribution < 1.29 is 4.92 Å². The molecule has 3 heteroatoms. The van der Waals surface area contributed by atoms with E-state index in [9.17, 15) is 10.1 Å². The maximum absolute atomic E-state index is 10.4. The van der Waals surface area contributed by atoms with Gasteiger partial charge in [-0.15, -0.1) is 17.2 Å². The first-order chi connectivity index (χ1) is 5.77. The molecule has 0 saturated heterocycles. The molecule has 0 unspecified atom stereocenters. The lowest BCUT2D eigenvalue weighted by Gasteiger charge is -2.05. The van der Waals surface area contributed by atoms with Crippen LogP contribution in [0.1, 0.15) is 0 Å². The van der Waals surface area contributed by atoms with E-state index in [-0.39, 0.29) is 10.6 Å². The zero-order chi connectivity index (χ0) is 8.55. The van der Waals surface area contributed by atoms with E-state index < -0.39 is 0 Å². The van der Waals surface area contributed by atoms with E-state index >= 15 is 0 Å². The van der Waals surface area contributed by atoms with Gasteiger partial charge in [0.2, 0.25) is 0 Å². The highest BCUT2D eigenvalue weighted by molar-refractivity contribution is 5.69. The number of hydrogen-bond donors (Lipinski definition) is 0. The van der Waals surface area contributed by atoms with Crippen LogP contribution in [0.25, 0.3) is 11.1 Å². The molecule has 0 aromatic rings. The second-order valence-electron chi connectivity index (χ2n) is 2.60.